The topological polar surface area (TPSA) is 13.1 Å². The zero-order valence-corrected chi connectivity index (χ0v) is 10.5. The van der Waals surface area contributed by atoms with E-state index in [0.717, 1.165) is 12.0 Å². The van der Waals surface area contributed by atoms with Crippen LogP contribution in [0.5, 0.6) is 0 Å². The number of benzene rings is 1. The Bertz CT molecular complexity index is 479. The Morgan fingerprint density at radius 3 is 2.62 bits per heavy atom. The Labute approximate surface area is 97.5 Å². The number of hydrogen-bond donors (Lipinski definition) is 0. The second-order valence-electron chi connectivity index (χ2n) is 4.21. The normalized spacial score (nSPS) is 14.2. The fourth-order valence-corrected chi connectivity index (χ4v) is 2.38. The lowest BCUT2D eigenvalue weighted by atomic mass is 9.95. The lowest BCUT2D eigenvalue weighted by Crippen LogP contribution is -1.98. The summed E-state index contributed by atoms with van der Waals surface area (Å²) in [4.78, 5) is 0. The van der Waals surface area contributed by atoms with Gasteiger partial charge in [-0.15, -0.1) is 0 Å². The van der Waals surface area contributed by atoms with Gasteiger partial charge in [-0.1, -0.05) is 25.5 Å². The Balaban J connectivity index is 0.000000457. The molecule has 0 amide bonds. The largest absolute Gasteiger partial charge is 0.461 e. The molecule has 1 aliphatic carbocycles. The van der Waals surface area contributed by atoms with Crippen LogP contribution in [0.1, 0.15) is 43.6 Å². The molecule has 0 spiro atoms. The quantitative estimate of drug-likeness (QED) is 0.625. The summed E-state index contributed by atoms with van der Waals surface area (Å²) in [5, 5.41) is 1.35. The molecule has 0 saturated heterocycles. The number of furan rings is 1. The molecule has 0 unspecified atom stereocenters. The van der Waals surface area contributed by atoms with E-state index in [1.807, 2.05) is 13.8 Å². The van der Waals surface area contributed by atoms with Gasteiger partial charge in [0.05, 0.1) is 0 Å². The highest BCUT2D eigenvalue weighted by atomic mass is 16.3. The van der Waals surface area contributed by atoms with Crippen molar-refractivity contribution in [2.24, 2.45) is 0 Å². The van der Waals surface area contributed by atoms with Crippen LogP contribution < -0.4 is 0 Å². The minimum Gasteiger partial charge on any atom is -0.461 e. The van der Waals surface area contributed by atoms with Crippen molar-refractivity contribution in [2.75, 3.05) is 0 Å². The van der Waals surface area contributed by atoms with Crippen molar-refractivity contribution in [2.45, 2.75) is 46.5 Å². The predicted molar refractivity (Wildman–Crippen MR) is 68.9 cm³/mol. The Morgan fingerprint density at radius 1 is 1.06 bits per heavy atom. The van der Waals surface area contributed by atoms with Crippen LogP contribution in [0, 0.1) is 6.92 Å². The van der Waals surface area contributed by atoms with Crippen molar-refractivity contribution in [1.82, 2.24) is 0 Å². The molecule has 0 fully saturated rings. The van der Waals surface area contributed by atoms with Crippen molar-refractivity contribution >= 4 is 11.0 Å². The summed E-state index contributed by atoms with van der Waals surface area (Å²) >= 11 is 0. The minimum absolute atomic E-state index is 1.07. The maximum absolute atomic E-state index is 5.85. The third kappa shape index (κ3) is 1.87. The Kier molecular flexibility index (Phi) is 3.33. The van der Waals surface area contributed by atoms with Crippen LogP contribution in [0.4, 0.5) is 0 Å². The molecule has 3 rings (SSSR count). The highest BCUT2D eigenvalue weighted by molar-refractivity contribution is 5.83. The molecule has 86 valence electrons. The van der Waals surface area contributed by atoms with E-state index in [9.17, 15) is 0 Å². The van der Waals surface area contributed by atoms with Crippen molar-refractivity contribution in [3.8, 4) is 0 Å². The monoisotopic (exact) mass is 216 g/mol. The molecule has 0 radical (unpaired) electrons. The molecule has 0 N–H and O–H groups in total. The summed E-state index contributed by atoms with van der Waals surface area (Å²) in [5.74, 6) is 1.23. The molecule has 0 atom stereocenters. The van der Waals surface area contributed by atoms with Crippen molar-refractivity contribution < 1.29 is 4.42 Å². The Hall–Kier alpha value is -1.24. The zero-order valence-electron chi connectivity index (χ0n) is 10.5. The van der Waals surface area contributed by atoms with Crippen LogP contribution in [0.25, 0.3) is 11.0 Å². The molecular weight excluding hydrogens is 196 g/mol. The van der Waals surface area contributed by atoms with E-state index >= 15 is 0 Å². The standard InChI is InChI=1S/C13H14O.C2H6/c1-9-6-7-13-11(8-9)10-4-2-3-5-12(10)14-13;1-2/h6-8H,2-5H2,1H3;1-2H3. The van der Waals surface area contributed by atoms with E-state index in [1.165, 1.54) is 41.5 Å². The van der Waals surface area contributed by atoms with Crippen LogP contribution in [-0.2, 0) is 12.8 Å². The molecule has 1 aromatic heterocycles. The smallest absolute Gasteiger partial charge is 0.134 e. The van der Waals surface area contributed by atoms with Crippen LogP contribution in [0.3, 0.4) is 0 Å². The zero-order chi connectivity index (χ0) is 11.5. The summed E-state index contributed by atoms with van der Waals surface area (Å²) in [7, 11) is 0. The van der Waals surface area contributed by atoms with Gasteiger partial charge in [0.2, 0.25) is 0 Å². The Morgan fingerprint density at radius 2 is 1.81 bits per heavy atom. The lowest BCUT2D eigenvalue weighted by molar-refractivity contribution is 0.506. The van der Waals surface area contributed by atoms with Gasteiger partial charge in [-0.25, -0.2) is 0 Å². The first kappa shape index (κ1) is 11.3. The maximum atomic E-state index is 5.85. The lowest BCUT2D eigenvalue weighted by Gasteiger charge is -2.08. The van der Waals surface area contributed by atoms with Gasteiger partial charge >= 0.3 is 0 Å². The third-order valence-corrected chi connectivity index (χ3v) is 3.11. The average Bonchev–Trinajstić information content (AvgIpc) is 2.70. The fraction of sp³-hybridized carbons (Fsp3) is 0.467. The van der Waals surface area contributed by atoms with E-state index in [4.69, 9.17) is 4.42 Å². The van der Waals surface area contributed by atoms with Gasteiger partial charge in [0.25, 0.3) is 0 Å². The predicted octanol–water partition coefficient (Wildman–Crippen LogP) is 4.65. The molecule has 0 saturated carbocycles. The van der Waals surface area contributed by atoms with Crippen molar-refractivity contribution in [1.29, 1.82) is 0 Å². The van der Waals surface area contributed by atoms with E-state index in [0.29, 0.717) is 0 Å². The summed E-state index contributed by atoms with van der Waals surface area (Å²) in [6.07, 6.45) is 4.93. The second-order valence-corrected chi connectivity index (χ2v) is 4.21. The summed E-state index contributed by atoms with van der Waals surface area (Å²) < 4.78 is 5.85. The number of fused-ring (bicyclic) bond motifs is 3. The SMILES string of the molecule is CC.Cc1ccc2oc3c(c2c1)CCCC3. The highest BCUT2D eigenvalue weighted by Gasteiger charge is 2.17. The van der Waals surface area contributed by atoms with Crippen LogP contribution in [-0.4, -0.2) is 0 Å². The molecule has 1 nitrogen and oxygen atoms in total. The van der Waals surface area contributed by atoms with E-state index in [2.05, 4.69) is 25.1 Å². The van der Waals surface area contributed by atoms with Gasteiger partial charge in [0.1, 0.15) is 11.3 Å². The first-order valence-electron chi connectivity index (χ1n) is 6.35. The third-order valence-electron chi connectivity index (χ3n) is 3.11. The number of hydrogen-bond acceptors (Lipinski definition) is 1. The van der Waals surface area contributed by atoms with Crippen molar-refractivity contribution in [3.05, 3.63) is 35.1 Å². The van der Waals surface area contributed by atoms with Gasteiger partial charge in [0, 0.05) is 17.4 Å². The molecule has 16 heavy (non-hydrogen) atoms. The summed E-state index contributed by atoms with van der Waals surface area (Å²) in [5.41, 5.74) is 3.86. The number of rotatable bonds is 0. The van der Waals surface area contributed by atoms with E-state index in [1.54, 1.807) is 0 Å². The van der Waals surface area contributed by atoms with Crippen LogP contribution in [0.15, 0.2) is 22.6 Å². The molecule has 0 aliphatic heterocycles. The average molecular weight is 216 g/mol. The minimum atomic E-state index is 1.07. The molecule has 1 heteroatoms. The van der Waals surface area contributed by atoms with Crippen LogP contribution >= 0.6 is 0 Å². The fourth-order valence-electron chi connectivity index (χ4n) is 2.38. The van der Waals surface area contributed by atoms with Gasteiger partial charge in [-0.2, -0.15) is 0 Å². The van der Waals surface area contributed by atoms with Gasteiger partial charge < -0.3 is 4.42 Å². The van der Waals surface area contributed by atoms with E-state index < -0.39 is 0 Å². The van der Waals surface area contributed by atoms with Gasteiger partial charge in [0.15, 0.2) is 0 Å². The molecule has 1 aromatic carbocycles. The first-order valence-corrected chi connectivity index (χ1v) is 6.35. The highest BCUT2D eigenvalue weighted by Crippen LogP contribution is 2.32. The maximum Gasteiger partial charge on any atom is 0.134 e. The van der Waals surface area contributed by atoms with Gasteiger partial charge in [-0.05, 0) is 38.3 Å². The molecular formula is C15H20O. The van der Waals surface area contributed by atoms with Crippen LogP contribution in [0.2, 0.25) is 0 Å². The van der Waals surface area contributed by atoms with Gasteiger partial charge in [-0.3, -0.25) is 0 Å². The molecule has 0 bridgehead atoms. The van der Waals surface area contributed by atoms with E-state index in [-0.39, 0.29) is 0 Å². The molecule has 1 heterocycles. The first-order chi connectivity index (χ1) is 7.84. The summed E-state index contributed by atoms with van der Waals surface area (Å²) in [6.45, 7) is 6.14. The number of aryl methyl sites for hydroxylation is 3. The second kappa shape index (κ2) is 4.73. The van der Waals surface area contributed by atoms with Crippen molar-refractivity contribution in [3.63, 3.8) is 0 Å². The molecule has 2 aromatic rings. The molecule has 1 aliphatic rings. The summed E-state index contributed by atoms with van der Waals surface area (Å²) in [6, 6.07) is 6.48.